The molecule has 2 aromatic heterocycles. The Morgan fingerprint density at radius 2 is 1.72 bits per heavy atom. The highest BCUT2D eigenvalue weighted by molar-refractivity contribution is 6.04. The highest BCUT2D eigenvalue weighted by Crippen LogP contribution is 2.27. The van der Waals surface area contributed by atoms with E-state index in [9.17, 15) is 4.79 Å². The summed E-state index contributed by atoms with van der Waals surface area (Å²) in [6.45, 7) is 6.38. The van der Waals surface area contributed by atoms with Crippen LogP contribution < -0.4 is 10.2 Å². The first-order valence-electron chi connectivity index (χ1n) is 10.1. The van der Waals surface area contributed by atoms with Crippen molar-refractivity contribution in [2.24, 2.45) is 5.92 Å². The lowest BCUT2D eigenvalue weighted by Gasteiger charge is -2.31. The highest BCUT2D eigenvalue weighted by atomic mass is 16.1. The van der Waals surface area contributed by atoms with Crippen LogP contribution in [0, 0.1) is 12.8 Å². The van der Waals surface area contributed by atoms with Crippen LogP contribution in [0.25, 0.3) is 11.1 Å². The molecule has 3 heterocycles. The number of nitrogens with zero attached hydrogens (tertiary/aromatic N) is 3. The van der Waals surface area contributed by atoms with Gasteiger partial charge in [0.25, 0.3) is 5.91 Å². The van der Waals surface area contributed by atoms with Crippen LogP contribution in [0.4, 0.5) is 11.6 Å². The standard InChI is InChI=1S/C24H26N4O/c1-17-8-12-28(13-9-17)23-16-20(7-11-26-23)19-6-10-25-22(15-19)27-24(29)21-5-3-4-18(2)14-21/h3-7,10-11,14-17H,8-9,12-13H2,1-2H3,(H,25,27,29). The summed E-state index contributed by atoms with van der Waals surface area (Å²) in [6, 6.07) is 15.5. The zero-order chi connectivity index (χ0) is 20.2. The van der Waals surface area contributed by atoms with Gasteiger partial charge in [-0.15, -0.1) is 0 Å². The van der Waals surface area contributed by atoms with Crippen molar-refractivity contribution in [3.63, 3.8) is 0 Å². The Hall–Kier alpha value is -3.21. The molecular weight excluding hydrogens is 360 g/mol. The number of hydrogen-bond donors (Lipinski definition) is 1. The number of pyridine rings is 2. The lowest BCUT2D eigenvalue weighted by atomic mass is 9.99. The number of benzene rings is 1. The van der Waals surface area contributed by atoms with E-state index in [1.165, 1.54) is 12.8 Å². The zero-order valence-corrected chi connectivity index (χ0v) is 16.9. The lowest BCUT2D eigenvalue weighted by Crippen LogP contribution is -2.33. The van der Waals surface area contributed by atoms with Crippen molar-refractivity contribution in [3.05, 3.63) is 72.1 Å². The summed E-state index contributed by atoms with van der Waals surface area (Å²) in [5.74, 6) is 2.18. The van der Waals surface area contributed by atoms with E-state index in [-0.39, 0.29) is 5.91 Å². The Balaban J connectivity index is 1.53. The second kappa shape index (κ2) is 8.43. The van der Waals surface area contributed by atoms with Gasteiger partial charge in [-0.25, -0.2) is 9.97 Å². The Labute approximate surface area is 171 Å². The van der Waals surface area contributed by atoms with Crippen molar-refractivity contribution in [1.29, 1.82) is 0 Å². The van der Waals surface area contributed by atoms with E-state index < -0.39 is 0 Å². The topological polar surface area (TPSA) is 58.1 Å². The van der Waals surface area contributed by atoms with E-state index in [0.29, 0.717) is 11.4 Å². The van der Waals surface area contributed by atoms with Crippen molar-refractivity contribution in [2.75, 3.05) is 23.3 Å². The van der Waals surface area contributed by atoms with E-state index in [4.69, 9.17) is 0 Å². The fourth-order valence-electron chi connectivity index (χ4n) is 3.66. The predicted molar refractivity (Wildman–Crippen MR) is 117 cm³/mol. The molecule has 1 N–H and O–H groups in total. The summed E-state index contributed by atoms with van der Waals surface area (Å²) in [5.41, 5.74) is 3.76. The molecule has 29 heavy (non-hydrogen) atoms. The fourth-order valence-corrected chi connectivity index (χ4v) is 3.66. The number of amides is 1. The van der Waals surface area contributed by atoms with Gasteiger partial charge in [0.15, 0.2) is 0 Å². The smallest absolute Gasteiger partial charge is 0.256 e. The van der Waals surface area contributed by atoms with Gasteiger partial charge in [-0.3, -0.25) is 4.79 Å². The van der Waals surface area contributed by atoms with Crippen molar-refractivity contribution >= 4 is 17.5 Å². The quantitative estimate of drug-likeness (QED) is 0.690. The molecule has 1 fully saturated rings. The highest BCUT2D eigenvalue weighted by Gasteiger charge is 2.17. The minimum Gasteiger partial charge on any atom is -0.357 e. The van der Waals surface area contributed by atoms with Crippen molar-refractivity contribution in [3.8, 4) is 11.1 Å². The van der Waals surface area contributed by atoms with Gasteiger partial charge in [-0.1, -0.05) is 24.6 Å². The van der Waals surface area contributed by atoms with Crippen molar-refractivity contribution in [2.45, 2.75) is 26.7 Å². The number of rotatable bonds is 4. The number of anilines is 2. The average molecular weight is 386 g/mol. The van der Waals surface area contributed by atoms with Gasteiger partial charge in [0.1, 0.15) is 11.6 Å². The molecule has 0 bridgehead atoms. The molecule has 3 aromatic rings. The van der Waals surface area contributed by atoms with E-state index in [2.05, 4.69) is 33.2 Å². The van der Waals surface area contributed by atoms with Crippen LogP contribution in [0.3, 0.4) is 0 Å². The third-order valence-corrected chi connectivity index (χ3v) is 5.47. The fraction of sp³-hybridized carbons (Fsp3) is 0.292. The van der Waals surface area contributed by atoms with E-state index in [1.54, 1.807) is 12.3 Å². The van der Waals surface area contributed by atoms with Crippen LogP contribution in [0.1, 0.15) is 35.7 Å². The summed E-state index contributed by atoms with van der Waals surface area (Å²) in [4.78, 5) is 23.8. The number of carbonyl (C=O) groups is 1. The van der Waals surface area contributed by atoms with Gasteiger partial charge in [0.05, 0.1) is 0 Å². The maximum absolute atomic E-state index is 12.5. The van der Waals surface area contributed by atoms with E-state index in [0.717, 1.165) is 41.5 Å². The van der Waals surface area contributed by atoms with Gasteiger partial charge in [-0.2, -0.15) is 0 Å². The molecule has 1 amide bonds. The van der Waals surface area contributed by atoms with Crippen LogP contribution in [-0.4, -0.2) is 29.0 Å². The molecule has 1 aliphatic rings. The third kappa shape index (κ3) is 4.62. The minimum absolute atomic E-state index is 0.156. The van der Waals surface area contributed by atoms with Crippen LogP contribution in [-0.2, 0) is 0 Å². The van der Waals surface area contributed by atoms with Crippen LogP contribution >= 0.6 is 0 Å². The average Bonchev–Trinajstić information content (AvgIpc) is 2.74. The van der Waals surface area contributed by atoms with Gasteiger partial charge in [0.2, 0.25) is 0 Å². The molecule has 1 aliphatic heterocycles. The van der Waals surface area contributed by atoms with Crippen LogP contribution in [0.2, 0.25) is 0 Å². The zero-order valence-electron chi connectivity index (χ0n) is 16.9. The number of nitrogens with one attached hydrogen (secondary N) is 1. The first-order chi connectivity index (χ1) is 14.1. The second-order valence-electron chi connectivity index (χ2n) is 7.83. The van der Waals surface area contributed by atoms with Crippen molar-refractivity contribution in [1.82, 2.24) is 9.97 Å². The maximum atomic E-state index is 12.5. The lowest BCUT2D eigenvalue weighted by molar-refractivity contribution is 0.102. The first kappa shape index (κ1) is 19.1. The predicted octanol–water partition coefficient (Wildman–Crippen LogP) is 4.94. The summed E-state index contributed by atoms with van der Waals surface area (Å²) in [6.07, 6.45) is 5.99. The number of hydrogen-bond acceptors (Lipinski definition) is 4. The van der Waals surface area contributed by atoms with Gasteiger partial charge >= 0.3 is 0 Å². The summed E-state index contributed by atoms with van der Waals surface area (Å²) >= 11 is 0. The van der Waals surface area contributed by atoms with E-state index in [1.807, 2.05) is 49.5 Å². The Bertz CT molecular complexity index is 1010. The molecule has 0 unspecified atom stereocenters. The second-order valence-corrected chi connectivity index (χ2v) is 7.83. The molecule has 5 heteroatoms. The number of piperidine rings is 1. The molecule has 0 aliphatic carbocycles. The molecule has 0 saturated carbocycles. The van der Waals surface area contributed by atoms with E-state index >= 15 is 0 Å². The normalized spacial score (nSPS) is 14.6. The Morgan fingerprint density at radius 3 is 2.48 bits per heavy atom. The Kier molecular flexibility index (Phi) is 5.56. The molecule has 0 atom stereocenters. The third-order valence-electron chi connectivity index (χ3n) is 5.47. The van der Waals surface area contributed by atoms with Gasteiger partial charge < -0.3 is 10.2 Å². The molecule has 1 aromatic carbocycles. The van der Waals surface area contributed by atoms with Gasteiger partial charge in [0, 0.05) is 31.0 Å². The summed E-state index contributed by atoms with van der Waals surface area (Å²) in [7, 11) is 0. The monoisotopic (exact) mass is 386 g/mol. The summed E-state index contributed by atoms with van der Waals surface area (Å²) < 4.78 is 0. The molecule has 0 spiro atoms. The minimum atomic E-state index is -0.156. The van der Waals surface area contributed by atoms with Gasteiger partial charge in [-0.05, 0) is 73.2 Å². The number of aryl methyl sites for hydroxylation is 1. The largest absolute Gasteiger partial charge is 0.357 e. The number of aromatic nitrogens is 2. The molecule has 1 saturated heterocycles. The molecule has 5 nitrogen and oxygen atoms in total. The molecule has 4 rings (SSSR count). The molecular formula is C24H26N4O. The van der Waals surface area contributed by atoms with Crippen LogP contribution in [0.15, 0.2) is 60.9 Å². The first-order valence-corrected chi connectivity index (χ1v) is 10.1. The van der Waals surface area contributed by atoms with Crippen LogP contribution in [0.5, 0.6) is 0 Å². The molecule has 148 valence electrons. The number of carbonyl (C=O) groups excluding carboxylic acids is 1. The summed E-state index contributed by atoms with van der Waals surface area (Å²) in [5, 5.41) is 2.90. The van der Waals surface area contributed by atoms with Crippen molar-refractivity contribution < 1.29 is 4.79 Å². The molecule has 0 radical (unpaired) electrons. The maximum Gasteiger partial charge on any atom is 0.256 e. The SMILES string of the molecule is Cc1cccc(C(=O)Nc2cc(-c3ccnc(N4CCC(C)CC4)c3)ccn2)c1. The Morgan fingerprint density at radius 1 is 1.00 bits per heavy atom.